The van der Waals surface area contributed by atoms with Crippen LogP contribution >= 0.6 is 15.6 Å². The fraction of sp³-hybridized carbons (Fsp3) is 0.524. The number of phosphoric ester groups is 2. The van der Waals surface area contributed by atoms with E-state index in [9.17, 15) is 39.3 Å². The zero-order chi connectivity index (χ0) is 33.2. The Balaban J connectivity index is 1.07. The Morgan fingerprint density at radius 2 is 1.70 bits per heavy atom. The van der Waals surface area contributed by atoms with Gasteiger partial charge in [-0.25, -0.2) is 29.2 Å². The van der Waals surface area contributed by atoms with Crippen LogP contribution in [-0.2, 0) is 37.7 Å². The lowest BCUT2D eigenvalue weighted by molar-refractivity contribution is -0.247. The highest BCUT2D eigenvalue weighted by Gasteiger charge is 2.53. The van der Waals surface area contributed by atoms with E-state index in [-0.39, 0.29) is 33.6 Å². The lowest BCUT2D eigenvalue weighted by atomic mass is 10.0. The molecule has 0 spiro atoms. The summed E-state index contributed by atoms with van der Waals surface area (Å²) in [5, 5.41) is 50.1. The van der Waals surface area contributed by atoms with Crippen molar-refractivity contribution in [2.24, 2.45) is 0 Å². The predicted molar refractivity (Wildman–Crippen MR) is 142 cm³/mol. The van der Waals surface area contributed by atoms with E-state index in [0.29, 0.717) is 0 Å². The molecular formula is C21H26N10O13P2-2. The third kappa shape index (κ3) is 5.75. The van der Waals surface area contributed by atoms with E-state index in [4.69, 9.17) is 20.6 Å². The summed E-state index contributed by atoms with van der Waals surface area (Å²) >= 11 is 0. The average Bonchev–Trinajstić information content (AvgIpc) is 3.76. The molecule has 2 aliphatic heterocycles. The molecular weight excluding hydrogens is 662 g/mol. The molecule has 6 heterocycles. The fourth-order valence-corrected chi connectivity index (χ4v) is 7.17. The van der Waals surface area contributed by atoms with Gasteiger partial charge in [-0.3, -0.25) is 23.7 Å². The molecule has 0 amide bonds. The normalized spacial score (nSPS) is 32.6. The summed E-state index contributed by atoms with van der Waals surface area (Å²) in [4.78, 5) is 47.2. The lowest BCUT2D eigenvalue weighted by Crippen LogP contribution is -2.43. The number of anilines is 1. The summed E-state index contributed by atoms with van der Waals surface area (Å²) in [5.74, 6) is 0.0326. The van der Waals surface area contributed by atoms with Gasteiger partial charge in [-0.15, -0.1) is 0 Å². The Hall–Kier alpha value is -3.28. The summed E-state index contributed by atoms with van der Waals surface area (Å²) < 4.78 is 51.8. The fourth-order valence-electron chi connectivity index (χ4n) is 5.15. The van der Waals surface area contributed by atoms with Crippen LogP contribution in [0.2, 0.25) is 0 Å². The molecule has 4 aromatic rings. The highest BCUT2D eigenvalue weighted by atomic mass is 31.3. The van der Waals surface area contributed by atoms with Gasteiger partial charge < -0.3 is 59.5 Å². The van der Waals surface area contributed by atoms with Gasteiger partial charge in [0.25, 0.3) is 15.6 Å². The lowest BCUT2D eigenvalue weighted by Gasteiger charge is -2.32. The van der Waals surface area contributed by atoms with Crippen molar-refractivity contribution < 1.29 is 62.2 Å². The monoisotopic (exact) mass is 688 g/mol. The van der Waals surface area contributed by atoms with Crippen molar-refractivity contribution in [3.8, 4) is 0 Å². The van der Waals surface area contributed by atoms with Gasteiger partial charge in [-0.1, -0.05) is 0 Å². The summed E-state index contributed by atoms with van der Waals surface area (Å²) in [6.07, 6.45) is -6.38. The number of ether oxygens (including phenoxy) is 2. The number of nitrogens with one attached hydrogen (secondary N) is 2. The second-order valence-electron chi connectivity index (χ2n) is 10.4. The van der Waals surface area contributed by atoms with Gasteiger partial charge in [-0.05, 0) is 6.92 Å². The average molecular weight is 688 g/mol. The molecule has 4 aromatic heterocycles. The number of fused-ring (bicyclic) bond motifs is 2. The molecule has 4 unspecified atom stereocenters. The van der Waals surface area contributed by atoms with Crippen molar-refractivity contribution in [3.63, 3.8) is 0 Å². The first kappa shape index (κ1) is 32.7. The van der Waals surface area contributed by atoms with E-state index in [1.807, 2.05) is 0 Å². The number of aliphatic hydroxyl groups excluding tert-OH is 4. The number of nitrogens with two attached hydrogens (primary N) is 1. The van der Waals surface area contributed by atoms with Crippen LogP contribution in [0, 0.1) is 5.41 Å². The molecule has 2 fully saturated rings. The minimum Gasteiger partial charge on any atom is -0.756 e. The van der Waals surface area contributed by atoms with Crippen LogP contribution in [0.1, 0.15) is 13.2 Å². The third-order valence-corrected chi connectivity index (χ3v) is 10.0. The first-order valence-electron chi connectivity index (χ1n) is 13.2. The van der Waals surface area contributed by atoms with Gasteiger partial charge >= 0.3 is 0 Å². The molecule has 46 heavy (non-hydrogen) atoms. The van der Waals surface area contributed by atoms with Crippen molar-refractivity contribution in [2.45, 2.75) is 55.5 Å². The Morgan fingerprint density at radius 3 is 2.41 bits per heavy atom. The van der Waals surface area contributed by atoms with Crippen molar-refractivity contribution in [1.82, 2.24) is 39.0 Å². The second kappa shape index (κ2) is 11.8. The van der Waals surface area contributed by atoms with E-state index in [1.54, 1.807) is 0 Å². The highest BCUT2D eigenvalue weighted by Crippen LogP contribution is 2.56. The maximum atomic E-state index is 12.4. The van der Waals surface area contributed by atoms with Crippen LogP contribution in [0.4, 0.5) is 5.82 Å². The van der Waals surface area contributed by atoms with Crippen molar-refractivity contribution in [3.05, 3.63) is 30.8 Å². The molecule has 10 atom stereocenters. The van der Waals surface area contributed by atoms with Crippen LogP contribution in [0.5, 0.6) is 0 Å². The number of nitrogen functional groups attached to an aromatic ring is 1. The van der Waals surface area contributed by atoms with E-state index >= 15 is 0 Å². The topological polar surface area (TPSA) is 347 Å². The van der Waals surface area contributed by atoms with Crippen molar-refractivity contribution >= 4 is 43.8 Å². The van der Waals surface area contributed by atoms with Gasteiger partial charge in [0.2, 0.25) is 0 Å². The highest BCUT2D eigenvalue weighted by molar-refractivity contribution is 7.59. The summed E-state index contributed by atoms with van der Waals surface area (Å²) in [6, 6.07) is 0. The second-order valence-corrected chi connectivity index (χ2v) is 13.4. The van der Waals surface area contributed by atoms with Gasteiger partial charge in [-0.2, -0.15) is 0 Å². The van der Waals surface area contributed by atoms with Crippen LogP contribution in [0.25, 0.3) is 22.3 Å². The predicted octanol–water partition coefficient (Wildman–Crippen LogP) is -3.94. The number of aromatic amines is 1. The van der Waals surface area contributed by atoms with Crippen LogP contribution in [0.15, 0.2) is 25.3 Å². The third-order valence-electron chi connectivity index (χ3n) is 7.50. The van der Waals surface area contributed by atoms with Gasteiger partial charge in [0.05, 0.1) is 25.9 Å². The van der Waals surface area contributed by atoms with E-state index < -0.39 is 77.4 Å². The molecule has 25 heteroatoms. The van der Waals surface area contributed by atoms with Crippen molar-refractivity contribution in [1.29, 1.82) is 5.41 Å². The molecule has 0 saturated carbocycles. The van der Waals surface area contributed by atoms with Crippen LogP contribution in [-0.4, -0.2) is 109 Å². The Morgan fingerprint density at radius 1 is 1.00 bits per heavy atom. The molecule has 0 bridgehead atoms. The molecule has 2 aliphatic rings. The maximum absolute atomic E-state index is 12.4. The SMILES string of the molecule is C[C@]1(n2cnc3c(N)ncnc32)O[C@@H](COP(=O)([O-])OP(=O)([O-])OC[C@H]2O[C@@H](n3cnc(=N)c4[nH]cnc43)C(O)[C@H]2O)C(O)[C@H]1O. The Bertz CT molecular complexity index is 1920. The number of imidazole rings is 2. The quantitative estimate of drug-likeness (QED) is 0.0782. The Kier molecular flexibility index (Phi) is 8.34. The zero-order valence-corrected chi connectivity index (χ0v) is 25.1. The zero-order valence-electron chi connectivity index (χ0n) is 23.3. The molecule has 0 aliphatic carbocycles. The number of nitrogens with zero attached hydrogens (tertiary/aromatic N) is 7. The number of H-pyrrole nitrogens is 1. The molecule has 23 nitrogen and oxygen atoms in total. The van der Waals surface area contributed by atoms with Gasteiger partial charge in [0.15, 0.2) is 34.6 Å². The van der Waals surface area contributed by atoms with Crippen LogP contribution in [0.3, 0.4) is 0 Å². The van der Waals surface area contributed by atoms with E-state index in [0.717, 1.165) is 12.7 Å². The van der Waals surface area contributed by atoms with E-state index in [2.05, 4.69) is 43.3 Å². The summed E-state index contributed by atoms with van der Waals surface area (Å²) in [5.41, 5.74) is 4.52. The summed E-state index contributed by atoms with van der Waals surface area (Å²) in [6.45, 7) is -0.641. The largest absolute Gasteiger partial charge is 0.756 e. The molecule has 250 valence electrons. The number of aromatic nitrogens is 8. The standard InChI is InChI=1S/C21H28N10O13P2/c1-21(31-7-28-11-16(22)25-5-27-19(11)31)15(35)13(33)9(43-21)3-41-46(38,39)44-45(36,37)40-2-8-12(32)14(34)20(42-8)30-6-29-17(23)10-18(30)26-4-24-10/h4-9,12-15,20,23,32-35H,2-3H2,1H3,(H,24,26)(H,36,37)(H,38,39)(H2,22,25,27)/p-2/t8-,9+,12+,13?,14?,15-,20-,21+/m1/s1. The number of phosphoric acid groups is 2. The molecule has 6 rings (SSSR count). The van der Waals surface area contributed by atoms with Gasteiger partial charge in [0.1, 0.15) is 60.3 Å². The van der Waals surface area contributed by atoms with Crippen LogP contribution < -0.4 is 21.0 Å². The number of hydrogen-bond acceptors (Lipinski definition) is 20. The molecule has 0 radical (unpaired) electrons. The summed E-state index contributed by atoms with van der Waals surface area (Å²) in [7, 11) is -11.4. The maximum Gasteiger partial charge on any atom is 0.274 e. The number of hydrogen-bond donors (Lipinski definition) is 7. The molecule has 0 aromatic carbocycles. The first-order valence-corrected chi connectivity index (χ1v) is 16.1. The minimum absolute atomic E-state index is 0.0326. The molecule has 2 saturated heterocycles. The van der Waals surface area contributed by atoms with Gasteiger partial charge in [0, 0.05) is 0 Å². The first-order chi connectivity index (χ1) is 21.6. The van der Waals surface area contributed by atoms with E-state index in [1.165, 1.54) is 28.7 Å². The molecule has 8 N–H and O–H groups in total. The Labute approximate surface area is 255 Å². The van der Waals surface area contributed by atoms with Crippen molar-refractivity contribution in [2.75, 3.05) is 18.9 Å². The number of rotatable bonds is 10. The smallest absolute Gasteiger partial charge is 0.274 e. The minimum atomic E-state index is -5.71. The number of aliphatic hydroxyl groups is 4.